The molecule has 56 heavy (non-hydrogen) atoms. The van der Waals surface area contributed by atoms with E-state index in [1.807, 2.05) is 37.1 Å². The van der Waals surface area contributed by atoms with Crippen molar-refractivity contribution < 1.29 is 37.1 Å². The molecule has 3 aliphatic heterocycles. The minimum Gasteiger partial charge on any atom is -0.489 e. The third-order valence-corrected chi connectivity index (χ3v) is 10.9. The number of rotatable bonds is 10. The Hall–Kier alpha value is -5.31. The Morgan fingerprint density at radius 2 is 1.64 bits per heavy atom. The van der Waals surface area contributed by atoms with E-state index in [9.17, 15) is 32.3 Å². The lowest BCUT2D eigenvalue weighted by atomic mass is 9.86. The summed E-state index contributed by atoms with van der Waals surface area (Å²) in [6, 6.07) is 13.1. The van der Waals surface area contributed by atoms with Crippen molar-refractivity contribution in [2.45, 2.75) is 82.9 Å². The molecule has 1 unspecified atom stereocenters. The third-order valence-electron chi connectivity index (χ3n) is 10.9. The topological polar surface area (TPSA) is 138 Å². The first-order valence-corrected chi connectivity index (χ1v) is 19.3. The van der Waals surface area contributed by atoms with Crippen LogP contribution in [0.4, 0.5) is 18.9 Å². The maximum atomic E-state index is 13.3. The predicted molar refractivity (Wildman–Crippen MR) is 201 cm³/mol. The van der Waals surface area contributed by atoms with Crippen molar-refractivity contribution in [2.24, 2.45) is 5.92 Å². The van der Waals surface area contributed by atoms with Crippen molar-refractivity contribution in [1.82, 2.24) is 29.5 Å². The number of ether oxygens (including phenoxy) is 1. The van der Waals surface area contributed by atoms with E-state index in [2.05, 4.69) is 32.7 Å². The van der Waals surface area contributed by atoms with Crippen LogP contribution in [-0.4, -0.2) is 86.6 Å². The zero-order valence-corrected chi connectivity index (χ0v) is 31.5. The number of amides is 4. The molecule has 0 saturated carbocycles. The molecule has 6 heterocycles. The van der Waals surface area contributed by atoms with Crippen molar-refractivity contribution >= 4 is 35.0 Å². The molecular weight excluding hydrogens is 727 g/mol. The Morgan fingerprint density at radius 3 is 2.32 bits per heavy atom. The lowest BCUT2D eigenvalue weighted by molar-refractivity contribution is -0.141. The summed E-state index contributed by atoms with van der Waals surface area (Å²) in [6.07, 6.45) is 3.81. The molecule has 12 nitrogen and oxygen atoms in total. The standard InChI is InChI=1S/C41H46F3N7O5/c1-25(2)56-34-21-36-45-30(22-51(36)23-33(34)47-40(55)32-4-3-5-35(46-32)41(42,43)44)20-26-12-18-50(19-13-26)38(53)24-49-16-14-28(15-17-49)27-6-8-29(9-7-27)31-10-11-37(52)48-39(31)54/h3-9,21-23,25-26,28,31H,10-20,24H2,1-2H3,(H,47,55)(H,48,52,54). The smallest absolute Gasteiger partial charge is 0.433 e. The zero-order chi connectivity index (χ0) is 39.6. The van der Waals surface area contributed by atoms with Crippen LogP contribution in [0.15, 0.2) is 60.9 Å². The van der Waals surface area contributed by atoms with Crippen molar-refractivity contribution in [1.29, 1.82) is 0 Å². The van der Waals surface area contributed by atoms with E-state index >= 15 is 0 Å². The van der Waals surface area contributed by atoms with E-state index in [1.165, 1.54) is 11.6 Å². The number of alkyl halides is 3. The maximum absolute atomic E-state index is 13.3. The zero-order valence-electron chi connectivity index (χ0n) is 31.5. The second kappa shape index (κ2) is 16.4. The van der Waals surface area contributed by atoms with Gasteiger partial charge in [-0.1, -0.05) is 30.3 Å². The number of hydrogen-bond acceptors (Lipinski definition) is 8. The fourth-order valence-corrected chi connectivity index (χ4v) is 7.93. The average molecular weight is 774 g/mol. The number of hydrogen-bond donors (Lipinski definition) is 2. The summed E-state index contributed by atoms with van der Waals surface area (Å²) in [5.74, 6) is -0.310. The molecule has 0 bridgehead atoms. The normalized spacial score (nSPS) is 19.0. The largest absolute Gasteiger partial charge is 0.489 e. The number of nitrogens with zero attached hydrogens (tertiary/aromatic N) is 5. The molecule has 0 aliphatic carbocycles. The summed E-state index contributed by atoms with van der Waals surface area (Å²) in [7, 11) is 0. The summed E-state index contributed by atoms with van der Waals surface area (Å²) in [5.41, 5.74) is 2.38. The number of anilines is 1. The minimum absolute atomic E-state index is 0.149. The maximum Gasteiger partial charge on any atom is 0.433 e. The number of carbonyl (C=O) groups excluding carboxylic acids is 4. The van der Waals surface area contributed by atoms with Gasteiger partial charge in [-0.25, -0.2) is 9.97 Å². The molecule has 3 fully saturated rings. The summed E-state index contributed by atoms with van der Waals surface area (Å²) in [4.78, 5) is 62.6. The van der Waals surface area contributed by atoms with Gasteiger partial charge >= 0.3 is 6.18 Å². The number of halogens is 3. The van der Waals surface area contributed by atoms with E-state index in [-0.39, 0.29) is 41.1 Å². The molecule has 0 spiro atoms. The molecule has 1 aromatic carbocycles. The van der Waals surface area contributed by atoms with Gasteiger partial charge in [-0.15, -0.1) is 0 Å². The highest BCUT2D eigenvalue weighted by molar-refractivity contribution is 6.04. The lowest BCUT2D eigenvalue weighted by Crippen LogP contribution is -2.46. The molecule has 2 N–H and O–H groups in total. The molecule has 7 rings (SSSR count). The lowest BCUT2D eigenvalue weighted by Gasteiger charge is -2.36. The van der Waals surface area contributed by atoms with Gasteiger partial charge in [0.15, 0.2) is 0 Å². The van der Waals surface area contributed by atoms with Gasteiger partial charge in [0.25, 0.3) is 5.91 Å². The molecule has 1 atom stereocenters. The summed E-state index contributed by atoms with van der Waals surface area (Å²) in [6.45, 7) is 7.10. The van der Waals surface area contributed by atoms with Gasteiger partial charge in [0.1, 0.15) is 28.5 Å². The van der Waals surface area contributed by atoms with Crippen molar-refractivity contribution in [3.05, 3.63) is 89.1 Å². The van der Waals surface area contributed by atoms with Crippen LogP contribution in [0, 0.1) is 5.92 Å². The van der Waals surface area contributed by atoms with Gasteiger partial charge in [0.2, 0.25) is 17.7 Å². The summed E-state index contributed by atoms with van der Waals surface area (Å²) in [5, 5.41) is 5.09. The van der Waals surface area contributed by atoms with E-state index in [4.69, 9.17) is 9.72 Å². The highest BCUT2D eigenvalue weighted by atomic mass is 19.4. The second-order valence-electron chi connectivity index (χ2n) is 15.3. The molecule has 3 saturated heterocycles. The van der Waals surface area contributed by atoms with Crippen molar-refractivity contribution in [3.8, 4) is 5.75 Å². The Morgan fingerprint density at radius 1 is 0.929 bits per heavy atom. The predicted octanol–water partition coefficient (Wildman–Crippen LogP) is 5.97. The molecule has 0 radical (unpaired) electrons. The highest BCUT2D eigenvalue weighted by Gasteiger charge is 2.33. The first-order chi connectivity index (χ1) is 26.8. The molecule has 3 aromatic heterocycles. The van der Waals surface area contributed by atoms with Gasteiger partial charge in [-0.2, -0.15) is 13.2 Å². The number of aromatic nitrogens is 3. The average Bonchev–Trinajstić information content (AvgIpc) is 3.55. The van der Waals surface area contributed by atoms with Crippen LogP contribution in [0.2, 0.25) is 0 Å². The number of carbonyl (C=O) groups is 4. The van der Waals surface area contributed by atoms with E-state index in [0.717, 1.165) is 62.2 Å². The van der Waals surface area contributed by atoms with E-state index < -0.39 is 17.8 Å². The fraction of sp³-hybridized carbons (Fsp3) is 0.463. The first-order valence-electron chi connectivity index (χ1n) is 19.3. The van der Waals surface area contributed by atoms with Gasteiger partial charge in [0.05, 0.1) is 24.3 Å². The van der Waals surface area contributed by atoms with Crippen LogP contribution in [0.25, 0.3) is 5.65 Å². The Labute approximate surface area is 322 Å². The number of likely N-dealkylation sites (tertiary alicyclic amines) is 2. The number of pyridine rings is 2. The quantitative estimate of drug-likeness (QED) is 0.188. The van der Waals surface area contributed by atoms with Crippen LogP contribution in [0.1, 0.15) is 97.2 Å². The van der Waals surface area contributed by atoms with Crippen LogP contribution in [-0.2, 0) is 27.0 Å². The highest BCUT2D eigenvalue weighted by Crippen LogP contribution is 2.33. The van der Waals surface area contributed by atoms with Gasteiger partial charge in [-0.05, 0) is 101 Å². The van der Waals surface area contributed by atoms with Crippen molar-refractivity contribution in [2.75, 3.05) is 38.0 Å². The second-order valence-corrected chi connectivity index (χ2v) is 15.3. The molecule has 4 amide bonds. The van der Waals surface area contributed by atoms with Crippen LogP contribution in [0.3, 0.4) is 0 Å². The van der Waals surface area contributed by atoms with Crippen LogP contribution >= 0.6 is 0 Å². The molecular formula is C41H46F3N7O5. The SMILES string of the molecule is CC(C)Oc1cc2nc(CC3CCN(C(=O)CN4CCC(c5ccc(C6CCC(=O)NC6=O)cc5)CC4)CC3)cn2cc1NC(=O)c1cccc(C(F)(F)F)n1. The Kier molecular flexibility index (Phi) is 11.4. The third kappa shape index (κ3) is 9.20. The number of piperidine rings is 3. The molecule has 3 aliphatic rings. The molecule has 296 valence electrons. The molecule has 15 heteroatoms. The van der Waals surface area contributed by atoms with Gasteiger partial charge < -0.3 is 19.4 Å². The van der Waals surface area contributed by atoms with Gasteiger partial charge in [-0.3, -0.25) is 29.4 Å². The first kappa shape index (κ1) is 38.9. The number of imidazole rings is 1. The summed E-state index contributed by atoms with van der Waals surface area (Å²) < 4.78 is 47.3. The number of benzene rings is 1. The number of fused-ring (bicyclic) bond motifs is 1. The van der Waals surface area contributed by atoms with Crippen molar-refractivity contribution in [3.63, 3.8) is 0 Å². The minimum atomic E-state index is -4.68. The number of imide groups is 1. The van der Waals surface area contributed by atoms with E-state index in [1.54, 1.807) is 16.7 Å². The molecule has 4 aromatic rings. The van der Waals surface area contributed by atoms with Crippen LogP contribution < -0.4 is 15.4 Å². The van der Waals surface area contributed by atoms with E-state index in [0.29, 0.717) is 62.1 Å². The van der Waals surface area contributed by atoms with Crippen LogP contribution in [0.5, 0.6) is 5.75 Å². The monoisotopic (exact) mass is 773 g/mol. The number of nitrogens with one attached hydrogen (secondary N) is 2. The Balaban J connectivity index is 0.894. The summed E-state index contributed by atoms with van der Waals surface area (Å²) >= 11 is 0. The fourth-order valence-electron chi connectivity index (χ4n) is 7.93. The Bertz CT molecular complexity index is 2090. The van der Waals surface area contributed by atoms with Gasteiger partial charge in [0, 0.05) is 38.0 Å².